The van der Waals surface area contributed by atoms with Crippen LogP contribution in [0.5, 0.6) is 0 Å². The third-order valence-corrected chi connectivity index (χ3v) is 4.97. The van der Waals surface area contributed by atoms with Crippen LogP contribution in [-0.4, -0.2) is 102 Å². The number of carbonyl (C=O) groups is 1. The first-order valence-corrected chi connectivity index (χ1v) is 10.6. The van der Waals surface area contributed by atoms with Crippen molar-refractivity contribution < 1.29 is 72.4 Å². The number of aliphatic hydroxyl groups excluding tert-OH is 5. The highest BCUT2D eigenvalue weighted by atomic mass is 31.2. The molecule has 15 nitrogen and oxygen atoms in total. The number of rotatable bonds is 9. The quantitative estimate of drug-likeness (QED) is 0.123. The molecule has 0 aromatic carbocycles. The van der Waals surface area contributed by atoms with E-state index in [1.165, 1.54) is 0 Å². The number of carbonyl (C=O) groups excluding carboxylic acids is 1. The summed E-state index contributed by atoms with van der Waals surface area (Å²) in [7, 11) is -10.3. The van der Waals surface area contributed by atoms with E-state index in [1.54, 1.807) is 0 Å². The summed E-state index contributed by atoms with van der Waals surface area (Å²) in [5.41, 5.74) is 0. The van der Waals surface area contributed by atoms with Crippen LogP contribution >= 0.6 is 15.6 Å². The topological polar surface area (TPSA) is 250 Å². The zero-order valence-corrected chi connectivity index (χ0v) is 16.1. The van der Waals surface area contributed by atoms with Crippen LogP contribution < -0.4 is 0 Å². The fraction of sp³-hybridized carbons (Fsp3) is 0.909. The van der Waals surface area contributed by atoms with Gasteiger partial charge in [-0.3, -0.25) is 18.4 Å². The average Bonchev–Trinajstić information content (AvgIpc) is 2.56. The molecule has 166 valence electrons. The van der Waals surface area contributed by atoms with Crippen LogP contribution in [0.25, 0.3) is 0 Å². The third-order valence-electron chi connectivity index (χ3n) is 3.47. The van der Waals surface area contributed by atoms with Gasteiger partial charge in [-0.15, -0.1) is 0 Å². The van der Waals surface area contributed by atoms with Gasteiger partial charge in [-0.2, -0.15) is 0 Å². The normalized spacial score (nSPS) is 34.5. The minimum Gasteiger partial charge on any atom is -0.463 e. The number of hydrogen-bond acceptors (Lipinski definition) is 12. The van der Waals surface area contributed by atoms with Crippen molar-refractivity contribution in [1.29, 1.82) is 0 Å². The van der Waals surface area contributed by atoms with Crippen molar-refractivity contribution in [2.45, 2.75) is 49.7 Å². The second-order valence-corrected chi connectivity index (χ2v) is 8.41. The fourth-order valence-electron chi connectivity index (χ4n) is 2.22. The van der Waals surface area contributed by atoms with Gasteiger partial charge in [-0.25, -0.2) is 9.13 Å². The van der Waals surface area contributed by atoms with Gasteiger partial charge in [0.05, 0.1) is 6.61 Å². The van der Waals surface area contributed by atoms with Crippen molar-refractivity contribution in [2.75, 3.05) is 13.2 Å². The molecule has 8 N–H and O–H groups in total. The molecule has 0 heterocycles. The highest BCUT2D eigenvalue weighted by Gasteiger charge is 2.54. The molecular formula is C11H22O15P2. The lowest BCUT2D eigenvalue weighted by molar-refractivity contribution is -0.216. The Balaban J connectivity index is 2.75. The average molecular weight is 456 g/mol. The van der Waals surface area contributed by atoms with Crippen molar-refractivity contribution in [3.8, 4) is 0 Å². The fourth-order valence-corrected chi connectivity index (χ4v) is 3.76. The Morgan fingerprint density at radius 3 is 1.71 bits per heavy atom. The van der Waals surface area contributed by atoms with Crippen molar-refractivity contribution in [3.63, 3.8) is 0 Å². The molecule has 0 saturated heterocycles. The smallest absolute Gasteiger partial charge is 0.463 e. The van der Waals surface area contributed by atoms with Crippen LogP contribution in [0, 0.1) is 0 Å². The molecule has 1 aliphatic carbocycles. The van der Waals surface area contributed by atoms with E-state index in [2.05, 4.69) is 18.3 Å². The summed E-state index contributed by atoms with van der Waals surface area (Å²) in [5.74, 6) is -0.731. The number of phosphoric acid groups is 2. The second kappa shape index (κ2) is 10.00. The van der Waals surface area contributed by atoms with E-state index in [-0.39, 0.29) is 0 Å². The molecule has 17 heteroatoms. The maximum atomic E-state index is 11.9. The summed E-state index contributed by atoms with van der Waals surface area (Å²) < 4.78 is 40.2. The van der Waals surface area contributed by atoms with Crippen molar-refractivity contribution >= 4 is 21.6 Å². The molecule has 6 atom stereocenters. The van der Waals surface area contributed by atoms with Crippen LogP contribution in [0.3, 0.4) is 0 Å². The number of ether oxygens (including phenoxy) is 1. The first kappa shape index (κ1) is 25.5. The van der Waals surface area contributed by atoms with Gasteiger partial charge >= 0.3 is 21.6 Å². The van der Waals surface area contributed by atoms with Gasteiger partial charge < -0.3 is 44.9 Å². The van der Waals surface area contributed by atoms with Crippen LogP contribution in [0.1, 0.15) is 6.92 Å². The summed E-state index contributed by atoms with van der Waals surface area (Å²) in [4.78, 5) is 37.7. The third kappa shape index (κ3) is 7.72. The minimum absolute atomic E-state index is 0.567. The largest absolute Gasteiger partial charge is 0.472 e. The lowest BCUT2D eigenvalue weighted by Crippen LogP contribution is -2.64. The van der Waals surface area contributed by atoms with Gasteiger partial charge in [-0.05, 0) is 0 Å². The molecule has 6 unspecified atom stereocenters. The molecule has 28 heavy (non-hydrogen) atoms. The highest BCUT2D eigenvalue weighted by molar-refractivity contribution is 7.47. The summed E-state index contributed by atoms with van der Waals surface area (Å²) in [6, 6.07) is 0. The number of aliphatic hydroxyl groups is 5. The van der Waals surface area contributed by atoms with E-state index in [0.717, 1.165) is 6.92 Å². The van der Waals surface area contributed by atoms with Gasteiger partial charge in [0, 0.05) is 6.92 Å². The van der Waals surface area contributed by atoms with Crippen LogP contribution in [0.15, 0.2) is 0 Å². The molecule has 0 aromatic heterocycles. The molecule has 0 aromatic rings. The van der Waals surface area contributed by atoms with Gasteiger partial charge in [0.2, 0.25) is 0 Å². The second-order valence-electron chi connectivity index (χ2n) is 5.81. The molecule has 1 rings (SSSR count). The van der Waals surface area contributed by atoms with Gasteiger partial charge in [-0.1, -0.05) is 0 Å². The van der Waals surface area contributed by atoms with Gasteiger partial charge in [0.15, 0.2) is 0 Å². The monoisotopic (exact) mass is 456 g/mol. The zero-order chi connectivity index (χ0) is 21.9. The maximum Gasteiger partial charge on any atom is 0.472 e. The first-order valence-electron chi connectivity index (χ1n) is 7.58. The number of phosphoric ester groups is 2. The molecule has 0 spiro atoms. The van der Waals surface area contributed by atoms with Crippen LogP contribution in [0.4, 0.5) is 0 Å². The molecule has 0 radical (unpaired) electrons. The van der Waals surface area contributed by atoms with Crippen molar-refractivity contribution in [2.24, 2.45) is 0 Å². The molecule has 1 fully saturated rings. The van der Waals surface area contributed by atoms with E-state index in [9.17, 15) is 44.4 Å². The summed E-state index contributed by atoms with van der Waals surface area (Å²) in [5, 5.41) is 48.9. The van der Waals surface area contributed by atoms with E-state index in [4.69, 9.17) is 9.79 Å². The number of esters is 1. The highest BCUT2D eigenvalue weighted by Crippen LogP contribution is 2.48. The number of hydrogen-bond donors (Lipinski definition) is 8. The molecule has 0 bridgehead atoms. The lowest BCUT2D eigenvalue weighted by atomic mass is 9.85. The van der Waals surface area contributed by atoms with Gasteiger partial charge in [0.25, 0.3) is 0 Å². The Morgan fingerprint density at radius 2 is 1.32 bits per heavy atom. The molecular weight excluding hydrogens is 434 g/mol. The SMILES string of the molecule is CC(=O)OCC(O)COP(=O)(O)OC1C(O)C(O)C(OP(=O)(O)O)C(O)C1O. The summed E-state index contributed by atoms with van der Waals surface area (Å²) >= 11 is 0. The predicted molar refractivity (Wildman–Crippen MR) is 84.2 cm³/mol. The Kier molecular flexibility index (Phi) is 9.12. The van der Waals surface area contributed by atoms with E-state index >= 15 is 0 Å². The van der Waals surface area contributed by atoms with Crippen molar-refractivity contribution in [3.05, 3.63) is 0 Å². The Labute approximate surface area is 157 Å². The first-order chi connectivity index (χ1) is 12.6. The van der Waals surface area contributed by atoms with E-state index in [1.807, 2.05) is 0 Å². The summed E-state index contributed by atoms with van der Waals surface area (Å²) in [6.45, 7) is -0.378. The maximum absolute atomic E-state index is 11.9. The summed E-state index contributed by atoms with van der Waals surface area (Å²) in [6.07, 6.45) is -14.7. The van der Waals surface area contributed by atoms with Crippen LogP contribution in [-0.2, 0) is 32.2 Å². The Hall–Kier alpha value is -0.510. The van der Waals surface area contributed by atoms with Crippen molar-refractivity contribution in [1.82, 2.24) is 0 Å². The van der Waals surface area contributed by atoms with Gasteiger partial charge in [0.1, 0.15) is 49.3 Å². The molecule has 1 saturated carbocycles. The zero-order valence-electron chi connectivity index (χ0n) is 14.3. The molecule has 0 aliphatic heterocycles. The lowest BCUT2D eigenvalue weighted by Gasteiger charge is -2.43. The minimum atomic E-state index is -5.23. The Bertz CT molecular complexity index is 605. The van der Waals surface area contributed by atoms with Crippen LogP contribution in [0.2, 0.25) is 0 Å². The predicted octanol–water partition coefficient (Wildman–Crippen LogP) is -3.65. The molecule has 0 amide bonds. The standard InChI is InChI=1S/C11H22O15P2/c1-4(12)23-2-5(13)3-24-28(21,22)26-11-8(16)6(14)10(7(15)9(11)17)25-27(18,19)20/h5-11,13-17H,2-3H2,1H3,(H,21,22)(H2,18,19,20). The Morgan fingerprint density at radius 1 is 0.893 bits per heavy atom. The van der Waals surface area contributed by atoms with E-state index in [0.29, 0.717) is 0 Å². The van der Waals surface area contributed by atoms with E-state index < -0.39 is 77.6 Å². The molecule has 1 aliphatic rings.